The molecule has 0 fully saturated rings. The average molecular weight is 292 g/mol. The molecule has 0 amide bonds. The maximum Gasteiger partial charge on any atom is 0.119 e. The van der Waals surface area contributed by atoms with Gasteiger partial charge in [0.2, 0.25) is 0 Å². The van der Waals surface area contributed by atoms with Crippen LogP contribution < -0.4 is 9.75 Å². The molecule has 0 radical (unpaired) electrons. The number of methoxy groups -OCH3 is 1. The van der Waals surface area contributed by atoms with Crippen LogP contribution in [-0.2, 0) is 6.42 Å². The SMILES string of the molecule is COc1ccc(N2CC3CCCc4ccccc4C3=N2)cc1. The van der Waals surface area contributed by atoms with Gasteiger partial charge in [-0.1, -0.05) is 24.3 Å². The predicted molar refractivity (Wildman–Crippen MR) is 89.7 cm³/mol. The molecule has 0 N–H and O–H groups in total. The lowest BCUT2D eigenvalue weighted by Gasteiger charge is -2.16. The second kappa shape index (κ2) is 5.48. The van der Waals surface area contributed by atoms with E-state index in [0.29, 0.717) is 5.92 Å². The Hall–Kier alpha value is -2.29. The molecule has 2 aromatic carbocycles. The molecule has 0 bridgehead atoms. The van der Waals surface area contributed by atoms with Crippen LogP contribution in [0.3, 0.4) is 0 Å². The first kappa shape index (κ1) is 13.4. The van der Waals surface area contributed by atoms with Gasteiger partial charge >= 0.3 is 0 Å². The van der Waals surface area contributed by atoms with Gasteiger partial charge in [0, 0.05) is 11.5 Å². The first-order chi connectivity index (χ1) is 10.8. The molecule has 0 spiro atoms. The molecule has 2 aliphatic rings. The Morgan fingerprint density at radius 3 is 2.73 bits per heavy atom. The lowest BCUT2D eigenvalue weighted by atomic mass is 9.95. The third kappa shape index (κ3) is 2.27. The van der Waals surface area contributed by atoms with Crippen LogP contribution in [0.4, 0.5) is 5.69 Å². The highest BCUT2D eigenvalue weighted by Gasteiger charge is 2.31. The molecular formula is C19H20N2O. The van der Waals surface area contributed by atoms with E-state index in [0.717, 1.165) is 18.0 Å². The highest BCUT2D eigenvalue weighted by Crippen LogP contribution is 2.32. The van der Waals surface area contributed by atoms with Gasteiger partial charge in [0.15, 0.2) is 0 Å². The van der Waals surface area contributed by atoms with E-state index < -0.39 is 0 Å². The highest BCUT2D eigenvalue weighted by atomic mass is 16.5. The Morgan fingerprint density at radius 1 is 1.09 bits per heavy atom. The molecule has 1 atom stereocenters. The average Bonchev–Trinajstić information content (AvgIpc) is 2.92. The van der Waals surface area contributed by atoms with Crippen molar-refractivity contribution >= 4 is 11.4 Å². The van der Waals surface area contributed by atoms with Crippen LogP contribution in [0.5, 0.6) is 5.75 Å². The summed E-state index contributed by atoms with van der Waals surface area (Å²) in [5.74, 6) is 1.43. The van der Waals surface area contributed by atoms with E-state index in [-0.39, 0.29) is 0 Å². The van der Waals surface area contributed by atoms with Crippen LogP contribution in [0.1, 0.15) is 24.0 Å². The molecule has 1 aliphatic heterocycles. The molecule has 0 aromatic heterocycles. The Morgan fingerprint density at radius 2 is 1.91 bits per heavy atom. The quantitative estimate of drug-likeness (QED) is 0.839. The standard InChI is InChI=1S/C19H20N2O/c1-22-17-11-9-16(10-12-17)21-13-15-7-4-6-14-5-2-3-8-18(14)19(15)20-21/h2-3,5,8-12,15H,4,6-7,13H2,1H3. The molecular weight excluding hydrogens is 272 g/mol. The largest absolute Gasteiger partial charge is 0.497 e. The van der Waals surface area contributed by atoms with Crippen molar-refractivity contribution in [2.75, 3.05) is 18.7 Å². The maximum absolute atomic E-state index is 5.24. The molecule has 1 heterocycles. The molecule has 22 heavy (non-hydrogen) atoms. The zero-order valence-electron chi connectivity index (χ0n) is 12.8. The third-order valence-corrected chi connectivity index (χ3v) is 4.67. The van der Waals surface area contributed by atoms with E-state index in [2.05, 4.69) is 41.4 Å². The number of anilines is 1. The molecule has 1 aliphatic carbocycles. The normalized spacial score (nSPS) is 20.0. The van der Waals surface area contributed by atoms with Crippen molar-refractivity contribution in [1.29, 1.82) is 0 Å². The topological polar surface area (TPSA) is 24.8 Å². The number of fused-ring (bicyclic) bond motifs is 3. The van der Waals surface area contributed by atoms with Crippen LogP contribution in [-0.4, -0.2) is 19.4 Å². The van der Waals surface area contributed by atoms with Crippen molar-refractivity contribution in [3.05, 3.63) is 59.7 Å². The van der Waals surface area contributed by atoms with Gasteiger partial charge in [0.05, 0.1) is 25.1 Å². The Labute approximate surface area is 131 Å². The van der Waals surface area contributed by atoms with Crippen molar-refractivity contribution in [2.45, 2.75) is 19.3 Å². The molecule has 0 saturated carbocycles. The van der Waals surface area contributed by atoms with E-state index in [1.807, 2.05) is 12.1 Å². The van der Waals surface area contributed by atoms with Gasteiger partial charge in [-0.3, -0.25) is 5.01 Å². The fourth-order valence-electron chi connectivity index (χ4n) is 3.49. The van der Waals surface area contributed by atoms with Gasteiger partial charge in [0.25, 0.3) is 0 Å². The fraction of sp³-hybridized carbons (Fsp3) is 0.316. The molecule has 0 saturated heterocycles. The first-order valence-corrected chi connectivity index (χ1v) is 7.93. The van der Waals surface area contributed by atoms with Crippen molar-refractivity contribution in [2.24, 2.45) is 11.0 Å². The zero-order chi connectivity index (χ0) is 14.9. The zero-order valence-corrected chi connectivity index (χ0v) is 12.8. The van der Waals surface area contributed by atoms with E-state index in [9.17, 15) is 0 Å². The van der Waals surface area contributed by atoms with Gasteiger partial charge < -0.3 is 4.74 Å². The number of hydrazone groups is 1. The van der Waals surface area contributed by atoms with Crippen LogP contribution in [0.15, 0.2) is 53.6 Å². The van der Waals surface area contributed by atoms with Crippen LogP contribution in [0, 0.1) is 5.92 Å². The lowest BCUT2D eigenvalue weighted by Crippen LogP contribution is -2.19. The summed E-state index contributed by atoms with van der Waals surface area (Å²) in [4.78, 5) is 0. The third-order valence-electron chi connectivity index (χ3n) is 4.67. The Bertz CT molecular complexity index is 706. The summed E-state index contributed by atoms with van der Waals surface area (Å²) < 4.78 is 5.24. The summed E-state index contributed by atoms with van der Waals surface area (Å²) in [6.07, 6.45) is 3.64. The highest BCUT2D eigenvalue weighted by molar-refractivity contribution is 6.05. The smallest absolute Gasteiger partial charge is 0.119 e. The van der Waals surface area contributed by atoms with Crippen LogP contribution in [0.2, 0.25) is 0 Å². The van der Waals surface area contributed by atoms with Gasteiger partial charge in [-0.25, -0.2) is 0 Å². The summed E-state index contributed by atoms with van der Waals surface area (Å²) >= 11 is 0. The number of hydrogen-bond acceptors (Lipinski definition) is 3. The number of aryl methyl sites for hydroxylation is 1. The van der Waals surface area contributed by atoms with Crippen molar-refractivity contribution in [3.63, 3.8) is 0 Å². The number of hydrogen-bond donors (Lipinski definition) is 0. The van der Waals surface area contributed by atoms with Crippen molar-refractivity contribution in [1.82, 2.24) is 0 Å². The number of nitrogens with zero attached hydrogens (tertiary/aromatic N) is 2. The Balaban J connectivity index is 1.69. The van der Waals surface area contributed by atoms with Crippen molar-refractivity contribution in [3.8, 4) is 5.75 Å². The minimum Gasteiger partial charge on any atom is -0.497 e. The Kier molecular flexibility index (Phi) is 3.34. The second-order valence-corrected chi connectivity index (χ2v) is 6.01. The maximum atomic E-state index is 5.24. The summed E-state index contributed by atoms with van der Waals surface area (Å²) in [5, 5.41) is 7.09. The molecule has 4 rings (SSSR count). The summed E-state index contributed by atoms with van der Waals surface area (Å²) in [6, 6.07) is 16.9. The summed E-state index contributed by atoms with van der Waals surface area (Å²) in [7, 11) is 1.69. The monoisotopic (exact) mass is 292 g/mol. The fourth-order valence-corrected chi connectivity index (χ4v) is 3.49. The molecule has 3 heteroatoms. The van der Waals surface area contributed by atoms with Gasteiger partial charge in [-0.15, -0.1) is 0 Å². The number of rotatable bonds is 2. The van der Waals surface area contributed by atoms with E-state index in [4.69, 9.17) is 9.84 Å². The van der Waals surface area contributed by atoms with E-state index in [1.54, 1.807) is 7.11 Å². The molecule has 2 aromatic rings. The summed E-state index contributed by atoms with van der Waals surface area (Å²) in [6.45, 7) is 0.982. The number of ether oxygens (including phenoxy) is 1. The van der Waals surface area contributed by atoms with Crippen LogP contribution >= 0.6 is 0 Å². The van der Waals surface area contributed by atoms with E-state index >= 15 is 0 Å². The van der Waals surface area contributed by atoms with Crippen LogP contribution in [0.25, 0.3) is 0 Å². The molecule has 1 unspecified atom stereocenters. The summed E-state index contributed by atoms with van der Waals surface area (Å²) in [5.41, 5.74) is 5.20. The number of benzene rings is 2. The van der Waals surface area contributed by atoms with Crippen molar-refractivity contribution < 1.29 is 4.74 Å². The van der Waals surface area contributed by atoms with Gasteiger partial charge in [0.1, 0.15) is 5.75 Å². The van der Waals surface area contributed by atoms with Gasteiger partial charge in [-0.05, 0) is 49.1 Å². The molecule has 112 valence electrons. The minimum atomic E-state index is 0.547. The lowest BCUT2D eigenvalue weighted by molar-refractivity contribution is 0.415. The van der Waals surface area contributed by atoms with E-state index in [1.165, 1.54) is 36.1 Å². The molecule has 3 nitrogen and oxygen atoms in total. The predicted octanol–water partition coefficient (Wildman–Crippen LogP) is 3.87. The van der Waals surface area contributed by atoms with Gasteiger partial charge in [-0.2, -0.15) is 5.10 Å². The first-order valence-electron chi connectivity index (χ1n) is 7.93. The second-order valence-electron chi connectivity index (χ2n) is 6.01. The minimum absolute atomic E-state index is 0.547.